The van der Waals surface area contributed by atoms with Gasteiger partial charge in [0.05, 0.1) is 10.3 Å². The number of benzene rings is 1. The molecule has 0 atom stereocenters. The maximum atomic E-state index is 12.4. The average molecular weight is 316 g/mol. The molecular formula is C14H12N4O3S. The molecule has 3 aromatic rings. The zero-order valence-electron chi connectivity index (χ0n) is 11.6. The van der Waals surface area contributed by atoms with Gasteiger partial charge < -0.3 is 0 Å². The highest BCUT2D eigenvalue weighted by molar-refractivity contribution is 7.92. The number of nitrogens with one attached hydrogen (secondary N) is 2. The van der Waals surface area contributed by atoms with Crippen molar-refractivity contribution in [1.29, 1.82) is 0 Å². The van der Waals surface area contributed by atoms with Crippen molar-refractivity contribution in [1.82, 2.24) is 15.2 Å². The summed E-state index contributed by atoms with van der Waals surface area (Å²) in [5.74, 6) is -0.0391. The van der Waals surface area contributed by atoms with Crippen molar-refractivity contribution < 1.29 is 13.2 Å². The maximum absolute atomic E-state index is 12.4. The molecule has 1 aromatic carbocycles. The van der Waals surface area contributed by atoms with Crippen LogP contribution in [0.3, 0.4) is 0 Å². The van der Waals surface area contributed by atoms with Crippen molar-refractivity contribution >= 4 is 32.7 Å². The zero-order valence-corrected chi connectivity index (χ0v) is 12.4. The molecule has 0 aliphatic carbocycles. The molecule has 0 aliphatic heterocycles. The minimum absolute atomic E-state index is 0.000223. The van der Waals surface area contributed by atoms with Crippen LogP contribution in [0.4, 0.5) is 5.82 Å². The second-order valence-corrected chi connectivity index (χ2v) is 6.34. The third-order valence-corrected chi connectivity index (χ3v) is 4.45. The molecule has 8 heteroatoms. The van der Waals surface area contributed by atoms with E-state index in [-0.39, 0.29) is 16.5 Å². The third kappa shape index (κ3) is 2.56. The van der Waals surface area contributed by atoms with E-state index in [1.807, 2.05) is 0 Å². The number of carbonyl (C=O) groups excluding carboxylic acids is 1. The summed E-state index contributed by atoms with van der Waals surface area (Å²) in [5.41, 5.74) is 0.814. The Morgan fingerprint density at radius 3 is 2.82 bits per heavy atom. The number of fused-ring (bicyclic) bond motifs is 1. The van der Waals surface area contributed by atoms with Gasteiger partial charge in [0.15, 0.2) is 17.2 Å². The number of Topliss-reactive ketones (excluding diaryl/α,β-unsaturated/α-hetero) is 1. The van der Waals surface area contributed by atoms with Gasteiger partial charge in [-0.15, -0.1) is 0 Å². The molecule has 2 heterocycles. The van der Waals surface area contributed by atoms with Gasteiger partial charge >= 0.3 is 0 Å². The predicted octanol–water partition coefficient (Wildman–Crippen LogP) is 1.96. The minimum atomic E-state index is -3.84. The van der Waals surface area contributed by atoms with E-state index in [0.717, 1.165) is 0 Å². The summed E-state index contributed by atoms with van der Waals surface area (Å²) >= 11 is 0. The van der Waals surface area contributed by atoms with Gasteiger partial charge in [-0.2, -0.15) is 5.10 Å². The Kier molecular flexibility index (Phi) is 3.38. The number of anilines is 1. The van der Waals surface area contributed by atoms with Crippen LogP contribution in [0.2, 0.25) is 0 Å². The molecule has 0 saturated carbocycles. The first-order valence-corrected chi connectivity index (χ1v) is 7.88. The van der Waals surface area contributed by atoms with Crippen LogP contribution in [-0.4, -0.2) is 29.4 Å². The van der Waals surface area contributed by atoms with Crippen molar-refractivity contribution in [2.75, 3.05) is 4.72 Å². The van der Waals surface area contributed by atoms with Crippen LogP contribution in [0.25, 0.3) is 11.0 Å². The largest absolute Gasteiger partial charge is 0.295 e. The number of aromatic nitrogens is 3. The van der Waals surface area contributed by atoms with E-state index >= 15 is 0 Å². The Balaban J connectivity index is 2.00. The zero-order chi connectivity index (χ0) is 15.7. The smallest absolute Gasteiger partial charge is 0.263 e. The molecule has 0 unspecified atom stereocenters. The fourth-order valence-electron chi connectivity index (χ4n) is 2.00. The molecule has 2 aromatic heterocycles. The number of pyridine rings is 1. The summed E-state index contributed by atoms with van der Waals surface area (Å²) in [5, 5.41) is 7.13. The summed E-state index contributed by atoms with van der Waals surface area (Å²) in [4.78, 5) is 15.4. The van der Waals surface area contributed by atoms with E-state index in [1.165, 1.54) is 25.1 Å². The van der Waals surface area contributed by atoms with Crippen LogP contribution in [0.1, 0.15) is 17.3 Å². The molecule has 0 saturated heterocycles. The average Bonchev–Trinajstić information content (AvgIpc) is 2.90. The number of hydrogen-bond acceptors (Lipinski definition) is 5. The van der Waals surface area contributed by atoms with E-state index < -0.39 is 10.0 Å². The highest BCUT2D eigenvalue weighted by atomic mass is 32.2. The first-order chi connectivity index (χ1) is 10.5. The molecule has 0 fully saturated rings. The predicted molar refractivity (Wildman–Crippen MR) is 81.1 cm³/mol. The lowest BCUT2D eigenvalue weighted by molar-refractivity contribution is 0.101. The number of carbonyl (C=O) groups is 1. The quantitative estimate of drug-likeness (QED) is 0.716. The van der Waals surface area contributed by atoms with Crippen molar-refractivity contribution in [3.63, 3.8) is 0 Å². The minimum Gasteiger partial charge on any atom is -0.295 e. The first-order valence-electron chi connectivity index (χ1n) is 6.40. The Morgan fingerprint density at radius 2 is 2.05 bits per heavy atom. The number of H-pyrrole nitrogens is 1. The van der Waals surface area contributed by atoms with Gasteiger partial charge in [-0.3, -0.25) is 14.6 Å². The van der Waals surface area contributed by atoms with Crippen molar-refractivity contribution in [2.45, 2.75) is 11.8 Å². The summed E-state index contributed by atoms with van der Waals surface area (Å²) in [6.45, 7) is 1.38. The Morgan fingerprint density at radius 1 is 1.23 bits per heavy atom. The Bertz CT molecular complexity index is 963. The van der Waals surface area contributed by atoms with Crippen molar-refractivity contribution in [3.8, 4) is 0 Å². The fraction of sp³-hybridized carbons (Fsp3) is 0.0714. The summed E-state index contributed by atoms with van der Waals surface area (Å²) in [6, 6.07) is 9.23. The van der Waals surface area contributed by atoms with Gasteiger partial charge in [-0.1, -0.05) is 12.1 Å². The van der Waals surface area contributed by atoms with Gasteiger partial charge in [0.1, 0.15) is 0 Å². The lowest BCUT2D eigenvalue weighted by Gasteiger charge is -2.06. The number of nitrogens with zero attached hydrogens (tertiary/aromatic N) is 2. The molecule has 0 amide bonds. The molecule has 7 nitrogen and oxygen atoms in total. The molecule has 0 radical (unpaired) electrons. The highest BCUT2D eigenvalue weighted by Crippen LogP contribution is 2.22. The van der Waals surface area contributed by atoms with Crippen LogP contribution >= 0.6 is 0 Å². The monoisotopic (exact) mass is 316 g/mol. The van der Waals surface area contributed by atoms with Gasteiger partial charge in [-0.25, -0.2) is 13.4 Å². The van der Waals surface area contributed by atoms with Gasteiger partial charge in [-0.05, 0) is 31.2 Å². The fourth-order valence-corrected chi connectivity index (χ4v) is 3.07. The topological polar surface area (TPSA) is 105 Å². The number of rotatable bonds is 4. The van der Waals surface area contributed by atoms with Crippen LogP contribution in [0, 0.1) is 0 Å². The molecule has 0 spiro atoms. The first kappa shape index (κ1) is 14.2. The maximum Gasteiger partial charge on any atom is 0.263 e. The molecule has 3 rings (SSSR count). The molecule has 0 bridgehead atoms. The molecule has 2 N–H and O–H groups in total. The normalized spacial score (nSPS) is 11.5. The number of sulfonamides is 1. The Hall–Kier alpha value is -2.74. The van der Waals surface area contributed by atoms with E-state index in [2.05, 4.69) is 19.9 Å². The second kappa shape index (κ2) is 5.23. The standard InChI is InChI=1S/C14H12N4O3S/c1-9(19)10-4-2-5-11(8-10)22(20,21)18-14-12-6-3-7-15-13(12)16-17-14/h2-8H,1H3,(H2,15,16,17,18). The summed E-state index contributed by atoms with van der Waals surface area (Å²) in [7, 11) is -3.84. The van der Waals surface area contributed by atoms with Crippen LogP contribution in [0.15, 0.2) is 47.5 Å². The number of ketones is 1. The van der Waals surface area contributed by atoms with E-state index in [1.54, 1.807) is 24.4 Å². The Labute approximate surface area is 126 Å². The highest BCUT2D eigenvalue weighted by Gasteiger charge is 2.18. The molecular weight excluding hydrogens is 304 g/mol. The summed E-state index contributed by atoms with van der Waals surface area (Å²) < 4.78 is 27.2. The SMILES string of the molecule is CC(=O)c1cccc(S(=O)(=O)Nc2n[nH]c3ncccc23)c1. The van der Waals surface area contributed by atoms with Crippen LogP contribution in [0.5, 0.6) is 0 Å². The van der Waals surface area contributed by atoms with Crippen LogP contribution in [-0.2, 0) is 10.0 Å². The van der Waals surface area contributed by atoms with E-state index in [4.69, 9.17) is 0 Å². The van der Waals surface area contributed by atoms with Crippen LogP contribution < -0.4 is 4.72 Å². The van der Waals surface area contributed by atoms with Crippen molar-refractivity contribution in [3.05, 3.63) is 48.2 Å². The van der Waals surface area contributed by atoms with Crippen molar-refractivity contribution in [2.24, 2.45) is 0 Å². The van der Waals surface area contributed by atoms with Gasteiger partial charge in [0.2, 0.25) is 0 Å². The van der Waals surface area contributed by atoms with Gasteiger partial charge in [0.25, 0.3) is 10.0 Å². The second-order valence-electron chi connectivity index (χ2n) is 4.66. The van der Waals surface area contributed by atoms with E-state index in [9.17, 15) is 13.2 Å². The lowest BCUT2D eigenvalue weighted by atomic mass is 10.2. The molecule has 0 aliphatic rings. The molecule has 112 valence electrons. The van der Waals surface area contributed by atoms with E-state index in [0.29, 0.717) is 16.6 Å². The summed E-state index contributed by atoms with van der Waals surface area (Å²) in [6.07, 6.45) is 1.58. The van der Waals surface area contributed by atoms with Gasteiger partial charge in [0, 0.05) is 11.8 Å². The number of hydrogen-bond donors (Lipinski definition) is 2. The number of aromatic amines is 1. The lowest BCUT2D eigenvalue weighted by Crippen LogP contribution is -2.14. The molecule has 22 heavy (non-hydrogen) atoms. The third-order valence-electron chi connectivity index (χ3n) is 3.12.